The molecular formula is C11H17FN2O3S. The summed E-state index contributed by atoms with van der Waals surface area (Å²) in [6, 6.07) is 2.31. The highest BCUT2D eigenvalue weighted by atomic mass is 32.2. The minimum absolute atomic E-state index is 0.0283. The van der Waals surface area contributed by atoms with E-state index in [1.807, 2.05) is 0 Å². The summed E-state index contributed by atoms with van der Waals surface area (Å²) in [7, 11) is -3.84. The number of rotatable bonds is 5. The van der Waals surface area contributed by atoms with Crippen LogP contribution in [0.25, 0.3) is 0 Å². The van der Waals surface area contributed by atoms with E-state index >= 15 is 0 Å². The summed E-state index contributed by atoms with van der Waals surface area (Å²) in [4.78, 5) is -0.157. The molecule has 3 N–H and O–H groups in total. The molecule has 0 aliphatic carbocycles. The van der Waals surface area contributed by atoms with Crippen LogP contribution in [0.2, 0.25) is 0 Å². The molecule has 0 aliphatic rings. The van der Waals surface area contributed by atoms with Crippen molar-refractivity contribution in [1.29, 1.82) is 0 Å². The topological polar surface area (TPSA) is 83.6 Å². The molecular weight excluding hydrogens is 259 g/mol. The zero-order chi connectivity index (χ0) is 13.9. The van der Waals surface area contributed by atoms with E-state index in [0.717, 1.165) is 10.4 Å². The van der Waals surface area contributed by atoms with E-state index in [-0.39, 0.29) is 35.8 Å². The summed E-state index contributed by atoms with van der Waals surface area (Å²) in [5, 5.41) is 8.85. The Balaban J connectivity index is 3.36. The Morgan fingerprint density at radius 3 is 2.56 bits per heavy atom. The molecule has 0 aliphatic heterocycles. The SMILES string of the molecule is CCN(CCO)S(=O)(=O)c1cc(N)cc(F)c1C. The van der Waals surface area contributed by atoms with Crippen molar-refractivity contribution in [2.45, 2.75) is 18.7 Å². The molecule has 0 heterocycles. The molecule has 102 valence electrons. The lowest BCUT2D eigenvalue weighted by molar-refractivity contribution is 0.257. The number of nitrogen functional groups attached to an aromatic ring is 1. The number of likely N-dealkylation sites (N-methyl/N-ethyl adjacent to an activating group) is 1. The number of nitrogens with zero attached hydrogens (tertiary/aromatic N) is 1. The predicted molar refractivity (Wildman–Crippen MR) is 67.1 cm³/mol. The first kappa shape index (κ1) is 14.9. The summed E-state index contributed by atoms with van der Waals surface area (Å²) in [5.74, 6) is -0.659. The van der Waals surface area contributed by atoms with Gasteiger partial charge >= 0.3 is 0 Å². The van der Waals surface area contributed by atoms with Crippen LogP contribution in [-0.4, -0.2) is 37.5 Å². The van der Waals surface area contributed by atoms with E-state index in [4.69, 9.17) is 10.8 Å². The molecule has 0 saturated heterocycles. The highest BCUT2D eigenvalue weighted by Crippen LogP contribution is 2.24. The average Bonchev–Trinajstić information content (AvgIpc) is 2.30. The van der Waals surface area contributed by atoms with E-state index in [0.29, 0.717) is 0 Å². The second-order valence-corrected chi connectivity index (χ2v) is 5.75. The van der Waals surface area contributed by atoms with Gasteiger partial charge in [0.2, 0.25) is 10.0 Å². The molecule has 18 heavy (non-hydrogen) atoms. The molecule has 0 bridgehead atoms. The number of halogens is 1. The Morgan fingerprint density at radius 1 is 1.44 bits per heavy atom. The first-order chi connectivity index (χ1) is 8.34. The van der Waals surface area contributed by atoms with Crippen molar-refractivity contribution in [3.05, 3.63) is 23.5 Å². The zero-order valence-corrected chi connectivity index (χ0v) is 11.2. The van der Waals surface area contributed by atoms with Crippen molar-refractivity contribution < 1.29 is 17.9 Å². The van der Waals surface area contributed by atoms with Gasteiger partial charge in [0.25, 0.3) is 0 Å². The number of nitrogens with two attached hydrogens (primary N) is 1. The third-order valence-electron chi connectivity index (χ3n) is 2.64. The lowest BCUT2D eigenvalue weighted by Crippen LogP contribution is -2.34. The molecule has 0 fully saturated rings. The molecule has 0 saturated carbocycles. The molecule has 1 aromatic carbocycles. The van der Waals surface area contributed by atoms with Gasteiger partial charge in [0, 0.05) is 24.3 Å². The van der Waals surface area contributed by atoms with Crippen molar-refractivity contribution in [3.63, 3.8) is 0 Å². The molecule has 5 nitrogen and oxygen atoms in total. The van der Waals surface area contributed by atoms with Crippen molar-refractivity contribution in [2.75, 3.05) is 25.4 Å². The maximum Gasteiger partial charge on any atom is 0.243 e. The van der Waals surface area contributed by atoms with Gasteiger partial charge < -0.3 is 10.8 Å². The Bertz CT molecular complexity index is 531. The first-order valence-corrected chi connectivity index (χ1v) is 6.95. The molecule has 0 amide bonds. The number of hydrogen-bond acceptors (Lipinski definition) is 4. The van der Waals surface area contributed by atoms with Crippen molar-refractivity contribution in [3.8, 4) is 0 Å². The fourth-order valence-electron chi connectivity index (χ4n) is 1.64. The lowest BCUT2D eigenvalue weighted by Gasteiger charge is -2.21. The molecule has 1 rings (SSSR count). The Morgan fingerprint density at radius 2 is 2.06 bits per heavy atom. The minimum Gasteiger partial charge on any atom is -0.399 e. The average molecular weight is 276 g/mol. The number of aliphatic hydroxyl groups is 1. The van der Waals surface area contributed by atoms with Gasteiger partial charge in [0.1, 0.15) is 5.82 Å². The highest BCUT2D eigenvalue weighted by Gasteiger charge is 2.26. The minimum atomic E-state index is -3.84. The number of benzene rings is 1. The molecule has 0 radical (unpaired) electrons. The van der Waals surface area contributed by atoms with Gasteiger partial charge in [-0.3, -0.25) is 0 Å². The van der Waals surface area contributed by atoms with Gasteiger partial charge in [-0.25, -0.2) is 12.8 Å². The quantitative estimate of drug-likeness (QED) is 0.776. The summed E-state index contributed by atoms with van der Waals surface area (Å²) >= 11 is 0. The van der Waals surface area contributed by atoms with Crippen LogP contribution in [0.1, 0.15) is 12.5 Å². The normalized spacial score (nSPS) is 12.1. The van der Waals surface area contributed by atoms with Crippen LogP contribution in [0, 0.1) is 12.7 Å². The fraction of sp³-hybridized carbons (Fsp3) is 0.455. The van der Waals surface area contributed by atoms with Gasteiger partial charge in [-0.1, -0.05) is 6.92 Å². The Labute approximate surface area is 106 Å². The van der Waals surface area contributed by atoms with Gasteiger partial charge in [0.15, 0.2) is 0 Å². The summed E-state index contributed by atoms with van der Waals surface area (Å²) in [6.45, 7) is 2.89. The second kappa shape index (κ2) is 5.64. The second-order valence-electron chi connectivity index (χ2n) is 3.85. The number of aliphatic hydroxyl groups excluding tert-OH is 1. The molecule has 0 atom stereocenters. The van der Waals surface area contributed by atoms with Crippen LogP contribution in [0.3, 0.4) is 0 Å². The van der Waals surface area contributed by atoms with Crippen LogP contribution < -0.4 is 5.73 Å². The van der Waals surface area contributed by atoms with Gasteiger partial charge in [-0.05, 0) is 19.1 Å². The Kier molecular flexibility index (Phi) is 4.66. The van der Waals surface area contributed by atoms with Crippen molar-refractivity contribution in [2.24, 2.45) is 0 Å². The summed E-state index contributed by atoms with van der Waals surface area (Å²) in [6.07, 6.45) is 0. The van der Waals surface area contributed by atoms with Crippen molar-refractivity contribution in [1.82, 2.24) is 4.31 Å². The maximum absolute atomic E-state index is 13.5. The third kappa shape index (κ3) is 2.80. The first-order valence-electron chi connectivity index (χ1n) is 5.51. The van der Waals surface area contributed by atoms with Crippen LogP contribution >= 0.6 is 0 Å². The molecule has 0 unspecified atom stereocenters. The number of sulfonamides is 1. The van der Waals surface area contributed by atoms with Gasteiger partial charge in [0.05, 0.1) is 11.5 Å². The lowest BCUT2D eigenvalue weighted by atomic mass is 10.2. The summed E-state index contributed by atoms with van der Waals surface area (Å²) in [5.41, 5.74) is 5.55. The third-order valence-corrected chi connectivity index (χ3v) is 4.74. The maximum atomic E-state index is 13.5. The van der Waals surface area contributed by atoms with E-state index in [1.165, 1.54) is 13.0 Å². The largest absolute Gasteiger partial charge is 0.399 e. The number of anilines is 1. The van der Waals surface area contributed by atoms with Crippen LogP contribution in [0.15, 0.2) is 17.0 Å². The van der Waals surface area contributed by atoms with E-state index in [1.54, 1.807) is 6.92 Å². The molecule has 0 spiro atoms. The molecule has 1 aromatic rings. The highest BCUT2D eigenvalue weighted by molar-refractivity contribution is 7.89. The molecule has 7 heteroatoms. The van der Waals surface area contributed by atoms with E-state index < -0.39 is 15.8 Å². The summed E-state index contributed by atoms with van der Waals surface area (Å²) < 4.78 is 39.1. The monoisotopic (exact) mass is 276 g/mol. The predicted octanol–water partition coefficient (Wildman–Crippen LogP) is 0.719. The van der Waals surface area contributed by atoms with Crippen LogP contribution in [-0.2, 0) is 10.0 Å². The van der Waals surface area contributed by atoms with Crippen LogP contribution in [0.5, 0.6) is 0 Å². The Hall–Kier alpha value is -1.18. The fourth-order valence-corrected chi connectivity index (χ4v) is 3.35. The van der Waals surface area contributed by atoms with Gasteiger partial charge in [-0.2, -0.15) is 4.31 Å². The standard InChI is InChI=1S/C11H17FN2O3S/c1-3-14(4-5-15)18(16,17)11-7-9(13)6-10(12)8(11)2/h6-7,15H,3-5,13H2,1-2H3. The molecule has 0 aromatic heterocycles. The van der Waals surface area contributed by atoms with Crippen LogP contribution in [0.4, 0.5) is 10.1 Å². The van der Waals surface area contributed by atoms with Gasteiger partial charge in [-0.15, -0.1) is 0 Å². The zero-order valence-electron chi connectivity index (χ0n) is 10.4. The number of hydrogen-bond donors (Lipinski definition) is 2. The smallest absolute Gasteiger partial charge is 0.243 e. The van der Waals surface area contributed by atoms with E-state index in [9.17, 15) is 12.8 Å². The van der Waals surface area contributed by atoms with Crippen molar-refractivity contribution >= 4 is 15.7 Å². The van der Waals surface area contributed by atoms with E-state index in [2.05, 4.69) is 0 Å².